The minimum absolute atomic E-state index is 0.225. The van der Waals surface area contributed by atoms with Crippen molar-refractivity contribution in [3.05, 3.63) is 107 Å². The molecule has 2 aliphatic rings. The zero-order chi connectivity index (χ0) is 23.2. The van der Waals surface area contributed by atoms with Gasteiger partial charge in [-0.2, -0.15) is 0 Å². The van der Waals surface area contributed by atoms with Crippen LogP contribution in [0, 0.1) is 6.92 Å². The number of nitrogens with one attached hydrogen (secondary N) is 1. The highest BCUT2D eigenvalue weighted by Crippen LogP contribution is 2.37. The summed E-state index contributed by atoms with van der Waals surface area (Å²) < 4.78 is 0. The molecule has 0 radical (unpaired) electrons. The highest BCUT2D eigenvalue weighted by Gasteiger charge is 2.37. The molecular formula is C28H22N4O2. The summed E-state index contributed by atoms with van der Waals surface area (Å²) >= 11 is 0. The van der Waals surface area contributed by atoms with Crippen LogP contribution in [0.25, 0.3) is 10.9 Å². The highest BCUT2D eigenvalue weighted by atomic mass is 16.2. The fourth-order valence-electron chi connectivity index (χ4n) is 4.83. The molecule has 0 spiro atoms. The predicted octanol–water partition coefficient (Wildman–Crippen LogP) is 4.04. The lowest BCUT2D eigenvalue weighted by Gasteiger charge is -2.21. The molecule has 34 heavy (non-hydrogen) atoms. The number of benzene rings is 3. The van der Waals surface area contributed by atoms with Crippen molar-refractivity contribution in [1.29, 1.82) is 0 Å². The van der Waals surface area contributed by atoms with Crippen LogP contribution >= 0.6 is 0 Å². The van der Waals surface area contributed by atoms with Crippen LogP contribution in [-0.4, -0.2) is 35.2 Å². The summed E-state index contributed by atoms with van der Waals surface area (Å²) in [6.07, 6.45) is 1.28. The second-order valence-corrected chi connectivity index (χ2v) is 8.70. The van der Waals surface area contributed by atoms with Gasteiger partial charge >= 0.3 is 0 Å². The number of hydrogen-bond donors (Lipinski definition) is 1. The molecule has 2 aliphatic heterocycles. The number of aryl methyl sites for hydroxylation is 1. The lowest BCUT2D eigenvalue weighted by Crippen LogP contribution is -2.47. The van der Waals surface area contributed by atoms with Crippen LogP contribution in [0.4, 0.5) is 5.69 Å². The van der Waals surface area contributed by atoms with Crippen molar-refractivity contribution in [1.82, 2.24) is 10.3 Å². The summed E-state index contributed by atoms with van der Waals surface area (Å²) in [4.78, 5) is 37.8. The van der Waals surface area contributed by atoms with Crippen molar-refractivity contribution in [3.63, 3.8) is 0 Å². The molecule has 0 saturated carbocycles. The Morgan fingerprint density at radius 1 is 1.03 bits per heavy atom. The van der Waals surface area contributed by atoms with Crippen LogP contribution < -0.4 is 10.2 Å². The van der Waals surface area contributed by atoms with Gasteiger partial charge in [-0.3, -0.25) is 14.6 Å². The molecule has 0 bridgehead atoms. The Kier molecular flexibility index (Phi) is 4.73. The summed E-state index contributed by atoms with van der Waals surface area (Å²) in [6.45, 7) is 2.63. The maximum Gasteiger partial charge on any atom is 0.272 e. The van der Waals surface area contributed by atoms with E-state index in [0.717, 1.165) is 45.3 Å². The number of pyridine rings is 1. The zero-order valence-corrected chi connectivity index (χ0v) is 18.7. The topological polar surface area (TPSA) is 74.7 Å². The third kappa shape index (κ3) is 3.35. The van der Waals surface area contributed by atoms with Gasteiger partial charge in [0.15, 0.2) is 0 Å². The molecule has 3 heterocycles. The normalized spacial score (nSPS) is 16.7. The number of carbonyl (C=O) groups is 2. The van der Waals surface area contributed by atoms with E-state index < -0.39 is 6.17 Å². The molecule has 6 nitrogen and oxygen atoms in total. The molecule has 0 saturated heterocycles. The molecule has 2 amide bonds. The monoisotopic (exact) mass is 446 g/mol. The molecule has 0 fully saturated rings. The summed E-state index contributed by atoms with van der Waals surface area (Å²) in [6, 6.07) is 23.4. The average molecular weight is 447 g/mol. The van der Waals surface area contributed by atoms with Crippen molar-refractivity contribution in [2.75, 3.05) is 11.4 Å². The van der Waals surface area contributed by atoms with Crippen LogP contribution in [0.1, 0.15) is 32.6 Å². The number of amides is 2. The van der Waals surface area contributed by atoms with E-state index in [2.05, 4.69) is 29.4 Å². The van der Waals surface area contributed by atoms with Gasteiger partial charge in [-0.15, -0.1) is 0 Å². The molecule has 1 atom stereocenters. The fraction of sp³-hybridized carbons (Fsp3) is 0.143. The average Bonchev–Trinajstić information content (AvgIpc) is 3.25. The first-order chi connectivity index (χ1) is 16.6. The van der Waals surface area contributed by atoms with E-state index in [0.29, 0.717) is 17.8 Å². The van der Waals surface area contributed by atoms with E-state index in [-0.39, 0.29) is 11.8 Å². The van der Waals surface area contributed by atoms with Crippen LogP contribution in [-0.2, 0) is 11.2 Å². The third-order valence-corrected chi connectivity index (χ3v) is 6.39. The number of fused-ring (bicyclic) bond motifs is 1. The summed E-state index contributed by atoms with van der Waals surface area (Å²) in [5, 5.41) is 3.73. The van der Waals surface area contributed by atoms with Crippen molar-refractivity contribution < 1.29 is 9.59 Å². The number of hydrogen-bond acceptors (Lipinski definition) is 4. The second-order valence-electron chi connectivity index (χ2n) is 8.70. The first kappa shape index (κ1) is 20.3. The maximum atomic E-state index is 13.6. The largest absolute Gasteiger partial charge is 0.322 e. The number of aromatic nitrogens is 1. The standard InChI is InChI=1S/C28H22N4O2/c1-17-13-20-11-12-32-25(20)22(14-17)24(18-7-3-2-4-8-18)30-26(28(32)34)31-27(33)21-15-19-9-5-6-10-23(19)29-16-21/h2-10,13-16,26H,11-12H2,1H3,(H,31,33). The van der Waals surface area contributed by atoms with Gasteiger partial charge in [0.25, 0.3) is 11.8 Å². The van der Waals surface area contributed by atoms with Gasteiger partial charge in [-0.05, 0) is 37.1 Å². The van der Waals surface area contributed by atoms with E-state index >= 15 is 0 Å². The number of nitrogens with zero attached hydrogens (tertiary/aromatic N) is 3. The van der Waals surface area contributed by atoms with Crippen molar-refractivity contribution in [2.24, 2.45) is 4.99 Å². The smallest absolute Gasteiger partial charge is 0.272 e. The van der Waals surface area contributed by atoms with Crippen LogP contribution in [0.2, 0.25) is 0 Å². The molecule has 0 aliphatic carbocycles. The van der Waals surface area contributed by atoms with Gasteiger partial charge in [0.2, 0.25) is 6.17 Å². The molecule has 1 aromatic heterocycles. The number of anilines is 1. The third-order valence-electron chi connectivity index (χ3n) is 6.39. The maximum absolute atomic E-state index is 13.6. The van der Waals surface area contributed by atoms with Crippen LogP contribution in [0.3, 0.4) is 0 Å². The number of carbonyl (C=O) groups excluding carboxylic acids is 2. The molecular weight excluding hydrogens is 424 g/mol. The molecule has 166 valence electrons. The molecule has 6 rings (SSSR count). The Labute approximate surface area is 197 Å². The van der Waals surface area contributed by atoms with Gasteiger partial charge in [-0.1, -0.05) is 60.2 Å². The molecule has 1 N–H and O–H groups in total. The minimum Gasteiger partial charge on any atom is -0.322 e. The first-order valence-electron chi connectivity index (χ1n) is 11.3. The van der Waals surface area contributed by atoms with Gasteiger partial charge in [0.05, 0.1) is 22.5 Å². The lowest BCUT2D eigenvalue weighted by molar-refractivity contribution is -0.120. The Morgan fingerprint density at radius 2 is 1.82 bits per heavy atom. The SMILES string of the molecule is Cc1cc2c3c(c1)C(c1ccccc1)=NC(NC(=O)c1cnc4ccccc4c1)C(=O)N3CC2. The van der Waals surface area contributed by atoms with E-state index in [1.165, 1.54) is 6.20 Å². The Balaban J connectivity index is 1.44. The predicted molar refractivity (Wildman–Crippen MR) is 132 cm³/mol. The van der Waals surface area contributed by atoms with E-state index in [9.17, 15) is 9.59 Å². The molecule has 1 unspecified atom stereocenters. The lowest BCUT2D eigenvalue weighted by atomic mass is 9.96. The summed E-state index contributed by atoms with van der Waals surface area (Å²) in [5.41, 5.74) is 6.91. The highest BCUT2D eigenvalue weighted by molar-refractivity contribution is 6.21. The van der Waals surface area contributed by atoms with Crippen molar-refractivity contribution >= 4 is 34.1 Å². The number of aliphatic imine (C=N–C) groups is 1. The summed E-state index contributed by atoms with van der Waals surface area (Å²) in [7, 11) is 0. The van der Waals surface area contributed by atoms with Crippen LogP contribution in [0.5, 0.6) is 0 Å². The molecule has 3 aromatic carbocycles. The first-order valence-corrected chi connectivity index (χ1v) is 11.3. The Morgan fingerprint density at radius 3 is 2.68 bits per heavy atom. The summed E-state index contributed by atoms with van der Waals surface area (Å²) in [5.74, 6) is -0.605. The second kappa shape index (κ2) is 7.92. The van der Waals surface area contributed by atoms with E-state index in [1.807, 2.05) is 54.6 Å². The van der Waals surface area contributed by atoms with Crippen molar-refractivity contribution in [2.45, 2.75) is 19.5 Å². The van der Waals surface area contributed by atoms with Gasteiger partial charge in [0.1, 0.15) is 0 Å². The zero-order valence-electron chi connectivity index (χ0n) is 18.7. The van der Waals surface area contributed by atoms with Gasteiger partial charge in [-0.25, -0.2) is 4.99 Å². The molecule has 6 heteroatoms. The van der Waals surface area contributed by atoms with Gasteiger partial charge in [0, 0.05) is 29.3 Å². The quantitative estimate of drug-likeness (QED) is 0.516. The Bertz CT molecular complexity index is 1490. The number of para-hydroxylation sites is 1. The fourth-order valence-corrected chi connectivity index (χ4v) is 4.83. The molecule has 4 aromatic rings. The minimum atomic E-state index is -1.03. The van der Waals surface area contributed by atoms with Gasteiger partial charge < -0.3 is 10.2 Å². The van der Waals surface area contributed by atoms with Crippen molar-refractivity contribution in [3.8, 4) is 0 Å². The van der Waals surface area contributed by atoms with E-state index in [4.69, 9.17) is 4.99 Å². The van der Waals surface area contributed by atoms with E-state index in [1.54, 1.807) is 11.0 Å². The number of rotatable bonds is 3. The van der Waals surface area contributed by atoms with Crippen LogP contribution in [0.15, 0.2) is 84.0 Å². The Hall–Kier alpha value is -4.32.